The fourth-order valence-corrected chi connectivity index (χ4v) is 1.16. The Labute approximate surface area is 102 Å². The third-order valence-electron chi connectivity index (χ3n) is 1.93. The third-order valence-corrected chi connectivity index (χ3v) is 1.93. The molecule has 0 aliphatic rings. The molecule has 0 aliphatic heterocycles. The average Bonchev–Trinajstić information content (AvgIpc) is 2.29. The molecule has 0 spiro atoms. The Balaban J connectivity index is 0.00000225. The minimum Gasteiger partial charge on any atom is -0.465 e. The van der Waals surface area contributed by atoms with E-state index in [1.54, 1.807) is 12.1 Å². The molecule has 1 aromatic rings. The number of rotatable bonds is 4. The number of methoxy groups -OCH3 is 1. The van der Waals surface area contributed by atoms with E-state index in [-0.39, 0.29) is 18.4 Å². The van der Waals surface area contributed by atoms with Crippen LogP contribution in [0.15, 0.2) is 24.3 Å². The number of nitrogens with one attached hydrogen (secondary N) is 1. The summed E-state index contributed by atoms with van der Waals surface area (Å²) in [6, 6.07) is 7.21. The molecule has 0 aliphatic carbocycles. The molecule has 86 valence electrons. The molecule has 0 heterocycles. The molecule has 3 nitrogen and oxygen atoms in total. The number of carbonyl (C=O) groups excluding carboxylic acids is 1. The smallest absolute Gasteiger partial charge is 0.337 e. The zero-order valence-corrected chi connectivity index (χ0v) is 9.84. The highest BCUT2D eigenvalue weighted by Crippen LogP contribution is 2.05. The Morgan fingerprint density at radius 3 is 2.56 bits per heavy atom. The van der Waals surface area contributed by atoms with Crippen molar-refractivity contribution in [2.75, 3.05) is 13.7 Å². The van der Waals surface area contributed by atoms with Gasteiger partial charge in [0.05, 0.1) is 19.2 Å². The van der Waals surface area contributed by atoms with Gasteiger partial charge in [-0.1, -0.05) is 18.1 Å². The van der Waals surface area contributed by atoms with E-state index < -0.39 is 0 Å². The molecule has 4 heteroatoms. The number of hydrogen-bond acceptors (Lipinski definition) is 3. The lowest BCUT2D eigenvalue weighted by Gasteiger charge is -2.03. The summed E-state index contributed by atoms with van der Waals surface area (Å²) in [5, 5.41) is 3.06. The third kappa shape index (κ3) is 4.35. The van der Waals surface area contributed by atoms with Crippen LogP contribution in [0.1, 0.15) is 15.9 Å². The van der Waals surface area contributed by atoms with Crippen LogP contribution in [0.25, 0.3) is 0 Å². The highest BCUT2D eigenvalue weighted by Gasteiger charge is 2.03. The summed E-state index contributed by atoms with van der Waals surface area (Å²) >= 11 is 0. The van der Waals surface area contributed by atoms with Gasteiger partial charge in [0.25, 0.3) is 0 Å². The maximum atomic E-state index is 11.1. The average molecular weight is 240 g/mol. The molecule has 0 radical (unpaired) electrons. The predicted molar refractivity (Wildman–Crippen MR) is 65.6 cm³/mol. The van der Waals surface area contributed by atoms with Gasteiger partial charge in [-0.15, -0.1) is 18.8 Å². The predicted octanol–water partition coefficient (Wildman–Crippen LogP) is 1.62. The number of halogens is 1. The van der Waals surface area contributed by atoms with Gasteiger partial charge in [0, 0.05) is 6.54 Å². The van der Waals surface area contributed by atoms with Gasteiger partial charge in [0.15, 0.2) is 0 Å². The fourth-order valence-electron chi connectivity index (χ4n) is 1.16. The molecule has 1 aromatic carbocycles. The minimum absolute atomic E-state index is 0. The molecule has 0 saturated carbocycles. The Kier molecular flexibility index (Phi) is 7.02. The lowest BCUT2D eigenvalue weighted by Crippen LogP contribution is -2.13. The summed E-state index contributed by atoms with van der Waals surface area (Å²) in [4.78, 5) is 11.1. The molecule has 0 unspecified atom stereocenters. The molecule has 16 heavy (non-hydrogen) atoms. The van der Waals surface area contributed by atoms with Crippen molar-refractivity contribution in [3.8, 4) is 12.3 Å². The number of esters is 1. The molecule has 0 atom stereocenters. The number of hydrogen-bond donors (Lipinski definition) is 1. The van der Waals surface area contributed by atoms with Crippen molar-refractivity contribution < 1.29 is 9.53 Å². The maximum absolute atomic E-state index is 11.1. The van der Waals surface area contributed by atoms with Crippen LogP contribution in [-0.4, -0.2) is 19.6 Å². The number of carbonyl (C=O) groups is 1. The number of ether oxygens (including phenoxy) is 1. The standard InChI is InChI=1S/C12H13NO2.ClH/c1-3-8-13-9-10-4-6-11(7-5-10)12(14)15-2;/h1,4-7,13H,8-9H2,2H3;1H. The second kappa shape index (κ2) is 7.75. The summed E-state index contributed by atoms with van der Waals surface area (Å²) in [6.45, 7) is 1.24. The van der Waals surface area contributed by atoms with Crippen LogP contribution in [0.5, 0.6) is 0 Å². The van der Waals surface area contributed by atoms with Crippen LogP contribution in [0.3, 0.4) is 0 Å². The molecule has 0 aromatic heterocycles. The first-order valence-electron chi connectivity index (χ1n) is 4.59. The molecular formula is C12H14ClNO2. The lowest BCUT2D eigenvalue weighted by atomic mass is 10.1. The van der Waals surface area contributed by atoms with Crippen molar-refractivity contribution in [1.29, 1.82) is 0 Å². The second-order valence-corrected chi connectivity index (χ2v) is 3.00. The molecular weight excluding hydrogens is 226 g/mol. The quantitative estimate of drug-likeness (QED) is 0.493. The molecule has 0 saturated heterocycles. The van der Waals surface area contributed by atoms with Gasteiger partial charge in [0.2, 0.25) is 0 Å². The first kappa shape index (κ1) is 14.5. The van der Waals surface area contributed by atoms with E-state index in [9.17, 15) is 4.79 Å². The molecule has 1 rings (SSSR count). The molecule has 0 amide bonds. The van der Waals surface area contributed by atoms with E-state index in [1.807, 2.05) is 12.1 Å². The van der Waals surface area contributed by atoms with Crippen molar-refractivity contribution in [2.45, 2.75) is 6.54 Å². The van der Waals surface area contributed by atoms with Gasteiger partial charge in [-0.05, 0) is 17.7 Å². The van der Waals surface area contributed by atoms with E-state index in [2.05, 4.69) is 16.0 Å². The van der Waals surface area contributed by atoms with E-state index in [0.29, 0.717) is 18.7 Å². The van der Waals surface area contributed by atoms with E-state index in [4.69, 9.17) is 6.42 Å². The van der Waals surface area contributed by atoms with Crippen molar-refractivity contribution in [1.82, 2.24) is 5.32 Å². The molecule has 0 bridgehead atoms. The van der Waals surface area contributed by atoms with E-state index in [0.717, 1.165) is 5.56 Å². The van der Waals surface area contributed by atoms with Crippen LogP contribution >= 0.6 is 12.4 Å². The van der Waals surface area contributed by atoms with Gasteiger partial charge >= 0.3 is 5.97 Å². The van der Waals surface area contributed by atoms with Crippen LogP contribution in [0.2, 0.25) is 0 Å². The first-order chi connectivity index (χ1) is 7.27. The minimum atomic E-state index is -0.321. The van der Waals surface area contributed by atoms with Gasteiger partial charge in [-0.2, -0.15) is 0 Å². The van der Waals surface area contributed by atoms with Gasteiger partial charge in [-0.3, -0.25) is 0 Å². The summed E-state index contributed by atoms with van der Waals surface area (Å²) in [7, 11) is 1.37. The number of terminal acetylenes is 1. The van der Waals surface area contributed by atoms with Gasteiger partial charge < -0.3 is 10.1 Å². The summed E-state index contributed by atoms with van der Waals surface area (Å²) in [5.74, 6) is 2.17. The van der Waals surface area contributed by atoms with Crippen LogP contribution in [0.4, 0.5) is 0 Å². The van der Waals surface area contributed by atoms with Crippen molar-refractivity contribution in [3.63, 3.8) is 0 Å². The highest BCUT2D eigenvalue weighted by molar-refractivity contribution is 5.89. The molecule has 0 fully saturated rings. The Morgan fingerprint density at radius 2 is 2.06 bits per heavy atom. The second-order valence-electron chi connectivity index (χ2n) is 3.00. The van der Waals surface area contributed by atoms with Crippen LogP contribution in [0, 0.1) is 12.3 Å². The number of benzene rings is 1. The highest BCUT2D eigenvalue weighted by atomic mass is 35.5. The van der Waals surface area contributed by atoms with Crippen LogP contribution < -0.4 is 5.32 Å². The first-order valence-corrected chi connectivity index (χ1v) is 4.59. The van der Waals surface area contributed by atoms with Crippen molar-refractivity contribution >= 4 is 18.4 Å². The van der Waals surface area contributed by atoms with Gasteiger partial charge in [-0.25, -0.2) is 4.79 Å². The summed E-state index contributed by atoms with van der Waals surface area (Å²) in [6.07, 6.45) is 5.10. The van der Waals surface area contributed by atoms with Crippen molar-refractivity contribution in [3.05, 3.63) is 35.4 Å². The monoisotopic (exact) mass is 239 g/mol. The zero-order valence-electron chi connectivity index (χ0n) is 9.03. The molecule has 1 N–H and O–H groups in total. The normalized spacial score (nSPS) is 8.75. The Morgan fingerprint density at radius 1 is 1.44 bits per heavy atom. The van der Waals surface area contributed by atoms with Gasteiger partial charge in [0.1, 0.15) is 0 Å². The topological polar surface area (TPSA) is 38.3 Å². The largest absolute Gasteiger partial charge is 0.465 e. The zero-order chi connectivity index (χ0) is 11.1. The van der Waals surface area contributed by atoms with Crippen LogP contribution in [-0.2, 0) is 11.3 Å². The maximum Gasteiger partial charge on any atom is 0.337 e. The lowest BCUT2D eigenvalue weighted by molar-refractivity contribution is 0.0600. The van der Waals surface area contributed by atoms with E-state index in [1.165, 1.54) is 7.11 Å². The SMILES string of the molecule is C#CCNCc1ccc(C(=O)OC)cc1.Cl. The van der Waals surface area contributed by atoms with E-state index >= 15 is 0 Å². The fraction of sp³-hybridized carbons (Fsp3) is 0.250. The summed E-state index contributed by atoms with van der Waals surface area (Å²) < 4.78 is 4.59. The summed E-state index contributed by atoms with van der Waals surface area (Å²) in [5.41, 5.74) is 1.64. The Hall–Kier alpha value is -1.50. The Bertz CT molecular complexity index is 368. The van der Waals surface area contributed by atoms with Crippen molar-refractivity contribution in [2.24, 2.45) is 0 Å².